The van der Waals surface area contributed by atoms with Gasteiger partial charge in [-0.1, -0.05) is 36.4 Å². The van der Waals surface area contributed by atoms with Crippen LogP contribution < -0.4 is 0 Å². The second-order valence-corrected chi connectivity index (χ2v) is 5.12. The zero-order valence-corrected chi connectivity index (χ0v) is 15.1. The fourth-order valence-electron chi connectivity index (χ4n) is 2.36. The molecular formula is C17H21FO3Si. The summed E-state index contributed by atoms with van der Waals surface area (Å²) in [6, 6.07) is 14.1. The van der Waals surface area contributed by atoms with Crippen molar-refractivity contribution in [3.63, 3.8) is 0 Å². The lowest BCUT2D eigenvalue weighted by Crippen LogP contribution is -2.35. The Balaban J connectivity index is 2.33. The van der Waals surface area contributed by atoms with Crippen molar-refractivity contribution >= 4 is 10.5 Å². The molecule has 0 heterocycles. The summed E-state index contributed by atoms with van der Waals surface area (Å²) in [7, 11) is 0.482. The lowest BCUT2D eigenvalue weighted by Gasteiger charge is -2.32. The Labute approximate surface area is 133 Å². The molecule has 0 bridgehead atoms. The molecule has 2 aromatic carbocycles. The number of halogens is 1. The minimum atomic E-state index is -1.14. The molecule has 0 aromatic heterocycles. The van der Waals surface area contributed by atoms with Crippen molar-refractivity contribution in [3.05, 3.63) is 59.9 Å². The Hall–Kier alpha value is -1.53. The van der Waals surface area contributed by atoms with Gasteiger partial charge in [-0.05, 0) is 37.1 Å². The number of hydrogen-bond acceptors (Lipinski definition) is 3. The van der Waals surface area contributed by atoms with Crippen LogP contribution in [0.15, 0.2) is 48.5 Å². The van der Waals surface area contributed by atoms with E-state index < -0.39 is 5.97 Å². The molecule has 0 unspecified atom stereocenters. The highest BCUT2D eigenvalue weighted by Crippen LogP contribution is 2.30. The second kappa shape index (κ2) is 7.65. The van der Waals surface area contributed by atoms with Crippen molar-refractivity contribution in [2.75, 3.05) is 13.2 Å². The fourth-order valence-corrected chi connectivity index (χ4v) is 2.83. The predicted octanol–water partition coefficient (Wildman–Crippen LogP) is 2.97. The van der Waals surface area contributed by atoms with Gasteiger partial charge in [0.2, 0.25) is 0 Å². The topological polar surface area (TPSA) is 27.7 Å². The van der Waals surface area contributed by atoms with Gasteiger partial charge in [0.25, 0.3) is 0 Å². The summed E-state index contributed by atoms with van der Waals surface area (Å²) in [5.74, 6) is -1.39. The maximum absolute atomic E-state index is 13.3. The van der Waals surface area contributed by atoms with Gasteiger partial charge in [-0.2, -0.15) is 0 Å². The van der Waals surface area contributed by atoms with Crippen LogP contribution in [0.3, 0.4) is 0 Å². The smallest absolute Gasteiger partial charge is 0.301 e. The lowest BCUT2D eigenvalue weighted by atomic mass is 10.0. The van der Waals surface area contributed by atoms with Gasteiger partial charge < -0.3 is 13.9 Å². The number of rotatable bonds is 7. The van der Waals surface area contributed by atoms with Crippen molar-refractivity contribution in [2.45, 2.75) is 19.8 Å². The van der Waals surface area contributed by atoms with Crippen LogP contribution in [0.5, 0.6) is 0 Å². The minimum Gasteiger partial charge on any atom is -0.376 e. The summed E-state index contributed by atoms with van der Waals surface area (Å²) in [5.41, 5.74) is 2.56. The van der Waals surface area contributed by atoms with E-state index >= 15 is 0 Å². The standard InChI is InChI=1S/C17H21FO3Si/c1-3-19-17(21-22,20-4-2)15-10-8-13(9-11-15)14-6-5-7-16(18)12-14/h5-12H,3-4H2,1-2,22H3. The molecule has 0 amide bonds. The Bertz CT molecular complexity index is 595. The summed E-state index contributed by atoms with van der Waals surface area (Å²) < 4.78 is 30.3. The molecule has 22 heavy (non-hydrogen) atoms. The summed E-state index contributed by atoms with van der Waals surface area (Å²) in [4.78, 5) is 0. The number of ether oxygens (including phenoxy) is 2. The molecule has 0 radical (unpaired) electrons. The molecule has 0 aliphatic heterocycles. The van der Waals surface area contributed by atoms with Crippen LogP contribution in [0, 0.1) is 5.82 Å². The van der Waals surface area contributed by atoms with Crippen molar-refractivity contribution in [2.24, 2.45) is 0 Å². The minimum absolute atomic E-state index is 0.248. The van der Waals surface area contributed by atoms with Crippen molar-refractivity contribution in [1.82, 2.24) is 0 Å². The Morgan fingerprint density at radius 3 is 2.09 bits per heavy atom. The number of benzene rings is 2. The van der Waals surface area contributed by atoms with Gasteiger partial charge in [-0.25, -0.2) is 4.39 Å². The van der Waals surface area contributed by atoms with Crippen LogP contribution in [-0.2, 0) is 19.9 Å². The van der Waals surface area contributed by atoms with Gasteiger partial charge in [-0.3, -0.25) is 0 Å². The van der Waals surface area contributed by atoms with E-state index in [4.69, 9.17) is 13.9 Å². The van der Waals surface area contributed by atoms with E-state index in [-0.39, 0.29) is 5.82 Å². The number of hydrogen-bond donors (Lipinski definition) is 0. The zero-order valence-electron chi connectivity index (χ0n) is 13.1. The van der Waals surface area contributed by atoms with Crippen LogP contribution in [0.1, 0.15) is 19.4 Å². The largest absolute Gasteiger partial charge is 0.376 e. The second-order valence-electron chi connectivity index (χ2n) is 4.71. The van der Waals surface area contributed by atoms with Gasteiger partial charge in [0.15, 0.2) is 10.5 Å². The quantitative estimate of drug-likeness (QED) is 0.580. The molecule has 0 spiro atoms. The highest BCUT2D eigenvalue weighted by atomic mass is 28.2. The molecule has 0 aliphatic carbocycles. The first-order chi connectivity index (χ1) is 10.6. The van der Waals surface area contributed by atoms with E-state index in [0.29, 0.717) is 23.7 Å². The average molecular weight is 320 g/mol. The predicted molar refractivity (Wildman–Crippen MR) is 87.8 cm³/mol. The van der Waals surface area contributed by atoms with Crippen molar-refractivity contribution in [3.8, 4) is 11.1 Å². The molecule has 0 saturated carbocycles. The summed E-state index contributed by atoms with van der Waals surface area (Å²) >= 11 is 0. The molecule has 118 valence electrons. The van der Waals surface area contributed by atoms with E-state index in [1.54, 1.807) is 6.07 Å². The third kappa shape index (κ3) is 3.62. The van der Waals surface area contributed by atoms with Crippen LogP contribution in [0.2, 0.25) is 0 Å². The van der Waals surface area contributed by atoms with Gasteiger partial charge in [-0.15, -0.1) is 0 Å². The Kier molecular flexibility index (Phi) is 5.85. The Morgan fingerprint density at radius 2 is 1.59 bits per heavy atom. The normalized spacial score (nSPS) is 11.8. The summed E-state index contributed by atoms with van der Waals surface area (Å²) in [6.07, 6.45) is 0. The van der Waals surface area contributed by atoms with Gasteiger partial charge >= 0.3 is 5.97 Å². The first-order valence-corrected chi connectivity index (χ1v) is 8.16. The first kappa shape index (κ1) is 16.8. The molecule has 0 aliphatic rings. The molecule has 0 N–H and O–H groups in total. The lowest BCUT2D eigenvalue weighted by molar-refractivity contribution is -0.352. The Morgan fingerprint density at radius 1 is 0.955 bits per heavy atom. The first-order valence-electron chi connectivity index (χ1n) is 7.34. The van der Waals surface area contributed by atoms with Gasteiger partial charge in [0, 0.05) is 18.8 Å². The average Bonchev–Trinajstić information content (AvgIpc) is 2.55. The molecular weight excluding hydrogens is 299 g/mol. The molecule has 5 heteroatoms. The molecule has 0 atom stereocenters. The third-order valence-electron chi connectivity index (χ3n) is 3.33. The molecule has 0 fully saturated rings. The van der Waals surface area contributed by atoms with E-state index in [0.717, 1.165) is 16.7 Å². The maximum atomic E-state index is 13.3. The highest BCUT2D eigenvalue weighted by Gasteiger charge is 2.33. The van der Waals surface area contributed by atoms with E-state index in [2.05, 4.69) is 0 Å². The van der Waals surface area contributed by atoms with Crippen molar-refractivity contribution < 1.29 is 18.3 Å². The fraction of sp³-hybridized carbons (Fsp3) is 0.294. The van der Waals surface area contributed by atoms with Crippen molar-refractivity contribution in [1.29, 1.82) is 0 Å². The van der Waals surface area contributed by atoms with E-state index in [1.165, 1.54) is 12.1 Å². The summed E-state index contributed by atoms with van der Waals surface area (Å²) in [5, 5.41) is 0. The highest BCUT2D eigenvalue weighted by molar-refractivity contribution is 5.98. The molecule has 2 aromatic rings. The SMILES string of the molecule is CCOC(O[SiH3])(OCC)c1ccc(-c2cccc(F)c2)cc1. The third-order valence-corrected chi connectivity index (χ3v) is 3.87. The maximum Gasteiger partial charge on any atom is 0.301 e. The molecule has 0 saturated heterocycles. The zero-order chi connectivity index (χ0) is 16.0. The monoisotopic (exact) mass is 320 g/mol. The van der Waals surface area contributed by atoms with Crippen LogP contribution >= 0.6 is 0 Å². The van der Waals surface area contributed by atoms with E-state index in [1.807, 2.05) is 44.2 Å². The van der Waals surface area contributed by atoms with E-state index in [9.17, 15) is 4.39 Å². The van der Waals surface area contributed by atoms with Crippen LogP contribution in [0.4, 0.5) is 4.39 Å². The summed E-state index contributed by atoms with van der Waals surface area (Å²) in [6.45, 7) is 4.76. The van der Waals surface area contributed by atoms with Gasteiger partial charge in [0.1, 0.15) is 5.82 Å². The molecule has 2 rings (SSSR count). The van der Waals surface area contributed by atoms with Gasteiger partial charge in [0.05, 0.1) is 0 Å². The van der Waals surface area contributed by atoms with Crippen LogP contribution in [-0.4, -0.2) is 23.7 Å². The van der Waals surface area contributed by atoms with Crippen LogP contribution in [0.25, 0.3) is 11.1 Å². The molecule has 3 nitrogen and oxygen atoms in total.